The lowest BCUT2D eigenvalue weighted by molar-refractivity contribution is 0.304. The zero-order valence-electron chi connectivity index (χ0n) is 22.7. The van der Waals surface area contributed by atoms with Gasteiger partial charge in [0, 0.05) is 5.92 Å². The molecule has 3 aromatic rings. The van der Waals surface area contributed by atoms with Crippen molar-refractivity contribution in [1.29, 1.82) is 0 Å². The van der Waals surface area contributed by atoms with Gasteiger partial charge in [0.05, 0.1) is 6.61 Å². The van der Waals surface area contributed by atoms with Crippen molar-refractivity contribution in [2.45, 2.75) is 103 Å². The third-order valence-corrected chi connectivity index (χ3v) is 7.25. The molecule has 1 heteroatoms. The summed E-state index contributed by atoms with van der Waals surface area (Å²) in [6.45, 7) is 3.11. The fourth-order valence-corrected chi connectivity index (χ4v) is 5.11. The minimum atomic E-state index is 0.243. The SMILES string of the molecule is CCCCCCCCCCCCCCCCOc1ccc(C(c2ccccc2)c2ccccc2)cc1. The number of unbranched alkanes of at least 4 members (excludes halogenated alkanes) is 13. The van der Waals surface area contributed by atoms with E-state index in [2.05, 4.69) is 91.9 Å². The molecule has 0 unspecified atom stereocenters. The molecule has 3 aromatic carbocycles. The van der Waals surface area contributed by atoms with Crippen molar-refractivity contribution in [2.75, 3.05) is 6.61 Å². The normalized spacial score (nSPS) is 11.2. The van der Waals surface area contributed by atoms with E-state index in [-0.39, 0.29) is 5.92 Å². The van der Waals surface area contributed by atoms with Crippen LogP contribution in [0, 0.1) is 0 Å². The van der Waals surface area contributed by atoms with Gasteiger partial charge in [-0.3, -0.25) is 0 Å². The van der Waals surface area contributed by atoms with Gasteiger partial charge in [0.15, 0.2) is 0 Å². The van der Waals surface area contributed by atoms with Crippen LogP contribution >= 0.6 is 0 Å². The van der Waals surface area contributed by atoms with Gasteiger partial charge < -0.3 is 4.74 Å². The summed E-state index contributed by atoms with van der Waals surface area (Å²) in [5.41, 5.74) is 3.94. The van der Waals surface area contributed by atoms with E-state index in [0.29, 0.717) is 0 Å². The van der Waals surface area contributed by atoms with Crippen LogP contribution in [0.25, 0.3) is 0 Å². The van der Waals surface area contributed by atoms with Gasteiger partial charge >= 0.3 is 0 Å². The first kappa shape index (κ1) is 28.0. The monoisotopic (exact) mass is 484 g/mol. The molecular formula is C35H48O. The Bertz CT molecular complexity index is 861. The van der Waals surface area contributed by atoms with E-state index in [9.17, 15) is 0 Å². The molecular weight excluding hydrogens is 436 g/mol. The number of rotatable bonds is 19. The summed E-state index contributed by atoms with van der Waals surface area (Å²) in [7, 11) is 0. The summed E-state index contributed by atoms with van der Waals surface area (Å²) in [5, 5.41) is 0. The Morgan fingerprint density at radius 1 is 0.444 bits per heavy atom. The second kappa shape index (κ2) is 17.8. The standard InChI is InChI=1S/C35H48O/c1-2-3-4-5-6-7-8-9-10-11-12-13-14-21-30-36-34-28-26-33(27-29-34)35(31-22-17-15-18-23-31)32-24-19-16-20-25-32/h15-20,22-29,35H,2-14,21,30H2,1H3. The number of ether oxygens (including phenoxy) is 1. The highest BCUT2D eigenvalue weighted by Crippen LogP contribution is 2.32. The second-order valence-electron chi connectivity index (χ2n) is 10.3. The first-order chi connectivity index (χ1) is 17.9. The summed E-state index contributed by atoms with van der Waals surface area (Å²) >= 11 is 0. The fraction of sp³-hybridized carbons (Fsp3) is 0.486. The highest BCUT2D eigenvalue weighted by Gasteiger charge is 2.16. The molecule has 194 valence electrons. The fourth-order valence-electron chi connectivity index (χ4n) is 5.11. The van der Waals surface area contributed by atoms with E-state index in [1.807, 2.05) is 0 Å². The highest BCUT2D eigenvalue weighted by molar-refractivity contribution is 5.44. The van der Waals surface area contributed by atoms with Crippen LogP contribution in [0.1, 0.15) is 119 Å². The number of benzene rings is 3. The van der Waals surface area contributed by atoms with Crippen molar-refractivity contribution in [3.8, 4) is 5.75 Å². The van der Waals surface area contributed by atoms with Crippen LogP contribution in [0.5, 0.6) is 5.75 Å². The van der Waals surface area contributed by atoms with Gasteiger partial charge in [0.25, 0.3) is 0 Å². The van der Waals surface area contributed by atoms with Crippen LogP contribution < -0.4 is 4.74 Å². The molecule has 0 aliphatic heterocycles. The zero-order chi connectivity index (χ0) is 25.1. The van der Waals surface area contributed by atoms with E-state index in [0.717, 1.165) is 18.8 Å². The lowest BCUT2D eigenvalue weighted by atomic mass is 9.85. The predicted octanol–water partition coefficient (Wildman–Crippen LogP) is 10.7. The smallest absolute Gasteiger partial charge is 0.119 e. The molecule has 0 aliphatic rings. The maximum absolute atomic E-state index is 6.06. The Hall–Kier alpha value is -2.54. The molecule has 0 aliphatic carbocycles. The predicted molar refractivity (Wildman–Crippen MR) is 156 cm³/mol. The van der Waals surface area contributed by atoms with Crippen molar-refractivity contribution >= 4 is 0 Å². The largest absolute Gasteiger partial charge is 0.494 e. The van der Waals surface area contributed by atoms with Crippen LogP contribution in [0.2, 0.25) is 0 Å². The average Bonchev–Trinajstić information content (AvgIpc) is 2.93. The van der Waals surface area contributed by atoms with E-state index < -0.39 is 0 Å². The average molecular weight is 485 g/mol. The first-order valence-corrected chi connectivity index (χ1v) is 14.7. The van der Waals surface area contributed by atoms with E-state index >= 15 is 0 Å². The minimum absolute atomic E-state index is 0.243. The summed E-state index contributed by atoms with van der Waals surface area (Å²) in [6.07, 6.45) is 19.4. The van der Waals surface area contributed by atoms with Crippen LogP contribution in [0.4, 0.5) is 0 Å². The van der Waals surface area contributed by atoms with Crippen LogP contribution in [0.3, 0.4) is 0 Å². The first-order valence-electron chi connectivity index (χ1n) is 14.7. The molecule has 0 bridgehead atoms. The van der Waals surface area contributed by atoms with Crippen molar-refractivity contribution in [3.05, 3.63) is 102 Å². The molecule has 0 atom stereocenters. The Kier molecular flexibility index (Phi) is 13.9. The minimum Gasteiger partial charge on any atom is -0.494 e. The Labute approximate surface area is 221 Å². The van der Waals surface area contributed by atoms with Crippen molar-refractivity contribution in [1.82, 2.24) is 0 Å². The van der Waals surface area contributed by atoms with Gasteiger partial charge in [-0.25, -0.2) is 0 Å². The molecule has 1 nitrogen and oxygen atoms in total. The number of hydrogen-bond donors (Lipinski definition) is 0. The third kappa shape index (κ3) is 10.6. The van der Waals surface area contributed by atoms with Crippen molar-refractivity contribution in [3.63, 3.8) is 0 Å². The van der Waals surface area contributed by atoms with Gasteiger partial charge in [-0.05, 0) is 35.2 Å². The lowest BCUT2D eigenvalue weighted by Crippen LogP contribution is -2.03. The van der Waals surface area contributed by atoms with Crippen LogP contribution in [-0.4, -0.2) is 6.61 Å². The van der Waals surface area contributed by atoms with Crippen LogP contribution in [0.15, 0.2) is 84.9 Å². The van der Waals surface area contributed by atoms with E-state index in [1.165, 1.54) is 100 Å². The van der Waals surface area contributed by atoms with Crippen molar-refractivity contribution in [2.24, 2.45) is 0 Å². The van der Waals surface area contributed by atoms with Gasteiger partial charge in [-0.2, -0.15) is 0 Å². The molecule has 0 saturated heterocycles. The van der Waals surface area contributed by atoms with Crippen LogP contribution in [-0.2, 0) is 0 Å². The second-order valence-corrected chi connectivity index (χ2v) is 10.3. The van der Waals surface area contributed by atoms with Gasteiger partial charge in [-0.15, -0.1) is 0 Å². The molecule has 0 heterocycles. The molecule has 0 spiro atoms. The summed E-state index contributed by atoms with van der Waals surface area (Å²) in [4.78, 5) is 0. The van der Waals surface area contributed by atoms with Gasteiger partial charge in [-0.1, -0.05) is 163 Å². The molecule has 0 fully saturated rings. The number of hydrogen-bond acceptors (Lipinski definition) is 1. The maximum Gasteiger partial charge on any atom is 0.119 e. The third-order valence-electron chi connectivity index (χ3n) is 7.25. The summed E-state index contributed by atoms with van der Waals surface area (Å²) in [5.74, 6) is 1.22. The molecule has 3 rings (SSSR count). The highest BCUT2D eigenvalue weighted by atomic mass is 16.5. The van der Waals surface area contributed by atoms with Gasteiger partial charge in [0.2, 0.25) is 0 Å². The molecule has 0 aromatic heterocycles. The summed E-state index contributed by atoms with van der Waals surface area (Å²) in [6, 6.07) is 30.3. The topological polar surface area (TPSA) is 9.23 Å². The Morgan fingerprint density at radius 3 is 1.28 bits per heavy atom. The summed E-state index contributed by atoms with van der Waals surface area (Å²) < 4.78 is 6.06. The van der Waals surface area contributed by atoms with Gasteiger partial charge in [0.1, 0.15) is 5.75 Å². The quantitative estimate of drug-likeness (QED) is 0.121. The Morgan fingerprint density at radius 2 is 0.833 bits per heavy atom. The lowest BCUT2D eigenvalue weighted by Gasteiger charge is -2.19. The maximum atomic E-state index is 6.06. The molecule has 0 amide bonds. The molecule has 0 N–H and O–H groups in total. The van der Waals surface area contributed by atoms with Crippen molar-refractivity contribution < 1.29 is 4.74 Å². The van der Waals surface area contributed by atoms with E-state index in [4.69, 9.17) is 4.74 Å². The Balaban J connectivity index is 1.29. The molecule has 0 radical (unpaired) electrons. The zero-order valence-corrected chi connectivity index (χ0v) is 22.7. The van der Waals surface area contributed by atoms with E-state index in [1.54, 1.807) is 0 Å². The molecule has 36 heavy (non-hydrogen) atoms. The molecule has 0 saturated carbocycles.